The van der Waals surface area contributed by atoms with Gasteiger partial charge in [-0.15, -0.1) is 0 Å². The number of carbonyl (C=O) groups excluding carboxylic acids is 1. The topological polar surface area (TPSA) is 38.1 Å². The number of para-hydroxylation sites is 2. The van der Waals surface area contributed by atoms with Crippen molar-refractivity contribution in [3.63, 3.8) is 0 Å². The molecule has 0 bridgehead atoms. The Morgan fingerprint density at radius 1 is 1.14 bits per heavy atom. The van der Waals surface area contributed by atoms with Gasteiger partial charge in [-0.2, -0.15) is 13.2 Å². The van der Waals surface area contributed by atoms with Crippen molar-refractivity contribution in [3.8, 4) is 0 Å². The molecule has 2 heterocycles. The highest BCUT2D eigenvalue weighted by Gasteiger charge is 2.36. The number of fused-ring (bicyclic) bond motifs is 1. The molecule has 1 aromatic heterocycles. The summed E-state index contributed by atoms with van der Waals surface area (Å²) >= 11 is 0. The second-order valence-corrected chi connectivity index (χ2v) is 7.42. The van der Waals surface area contributed by atoms with Crippen LogP contribution >= 0.6 is 0 Å². The predicted octanol–water partition coefficient (Wildman–Crippen LogP) is 5.38. The van der Waals surface area contributed by atoms with Crippen molar-refractivity contribution < 1.29 is 18.0 Å². The van der Waals surface area contributed by atoms with Crippen LogP contribution in [0.3, 0.4) is 0 Å². The molecule has 4 nitrogen and oxygen atoms in total. The maximum Gasteiger partial charge on any atom is 0.416 e. The molecule has 1 aliphatic rings. The average molecular weight is 401 g/mol. The minimum atomic E-state index is -4.44. The Morgan fingerprint density at radius 3 is 2.69 bits per heavy atom. The first kappa shape index (κ1) is 19.5. The second kappa shape index (κ2) is 7.54. The summed E-state index contributed by atoms with van der Waals surface area (Å²) in [5.74, 6) is 0.507. The first-order valence-electron chi connectivity index (χ1n) is 9.81. The maximum atomic E-state index is 13.1. The predicted molar refractivity (Wildman–Crippen MR) is 106 cm³/mol. The number of amides is 1. The number of alkyl halides is 3. The van der Waals surface area contributed by atoms with Gasteiger partial charge in [-0.25, -0.2) is 4.98 Å². The summed E-state index contributed by atoms with van der Waals surface area (Å²) in [6.07, 6.45) is -2.17. The van der Waals surface area contributed by atoms with Crippen LogP contribution < -0.4 is 4.90 Å². The van der Waals surface area contributed by atoms with Crippen molar-refractivity contribution in [1.82, 2.24) is 9.55 Å². The molecule has 29 heavy (non-hydrogen) atoms. The van der Waals surface area contributed by atoms with E-state index in [0.29, 0.717) is 6.54 Å². The Bertz CT molecular complexity index is 1040. The highest BCUT2D eigenvalue weighted by Crippen LogP contribution is 2.36. The minimum absolute atomic E-state index is 0.152. The van der Waals surface area contributed by atoms with Crippen molar-refractivity contribution in [3.05, 3.63) is 59.9 Å². The third kappa shape index (κ3) is 3.73. The lowest BCUT2D eigenvalue weighted by atomic mass is 10.1. The zero-order valence-corrected chi connectivity index (χ0v) is 16.1. The van der Waals surface area contributed by atoms with E-state index in [1.807, 2.05) is 24.3 Å². The molecule has 152 valence electrons. The molecule has 0 aliphatic carbocycles. The Labute approximate surface area is 167 Å². The van der Waals surface area contributed by atoms with Crippen LogP contribution in [-0.2, 0) is 17.5 Å². The van der Waals surface area contributed by atoms with Gasteiger partial charge in [0.15, 0.2) is 0 Å². The molecule has 0 radical (unpaired) electrons. The number of imidazole rings is 1. The Balaban J connectivity index is 1.66. The monoisotopic (exact) mass is 401 g/mol. The molecule has 4 rings (SSSR count). The summed E-state index contributed by atoms with van der Waals surface area (Å²) in [5, 5.41) is 0. The summed E-state index contributed by atoms with van der Waals surface area (Å²) in [5.41, 5.74) is 1.44. The van der Waals surface area contributed by atoms with Gasteiger partial charge in [0.2, 0.25) is 5.91 Å². The van der Waals surface area contributed by atoms with E-state index in [4.69, 9.17) is 4.98 Å². The Morgan fingerprint density at radius 2 is 1.93 bits per heavy atom. The lowest BCUT2D eigenvalue weighted by Crippen LogP contribution is -2.25. The van der Waals surface area contributed by atoms with Crippen molar-refractivity contribution >= 4 is 22.6 Å². The largest absolute Gasteiger partial charge is 0.416 e. The van der Waals surface area contributed by atoms with Crippen molar-refractivity contribution in [2.45, 2.75) is 44.8 Å². The first-order chi connectivity index (χ1) is 13.9. The number of halogens is 3. The van der Waals surface area contributed by atoms with Crippen LogP contribution in [0.2, 0.25) is 0 Å². The number of anilines is 1. The number of unbranched alkanes of at least 4 members (excludes halogenated alkanes) is 1. The van der Waals surface area contributed by atoms with Gasteiger partial charge >= 0.3 is 6.18 Å². The third-order valence-corrected chi connectivity index (χ3v) is 5.39. The van der Waals surface area contributed by atoms with Crippen LogP contribution in [0.4, 0.5) is 18.9 Å². The Hall–Kier alpha value is -2.83. The summed E-state index contributed by atoms with van der Waals surface area (Å²) in [6.45, 7) is 3.25. The molecule has 3 aromatic rings. The van der Waals surface area contributed by atoms with Crippen LogP contribution in [0.5, 0.6) is 0 Å². The zero-order valence-electron chi connectivity index (χ0n) is 16.1. The van der Waals surface area contributed by atoms with Crippen molar-refractivity contribution in [1.29, 1.82) is 0 Å². The lowest BCUT2D eigenvalue weighted by Gasteiger charge is -2.19. The van der Waals surface area contributed by atoms with E-state index < -0.39 is 11.7 Å². The van der Waals surface area contributed by atoms with Crippen LogP contribution in [0, 0.1) is 0 Å². The lowest BCUT2D eigenvalue weighted by molar-refractivity contribution is -0.137. The Kier molecular flexibility index (Phi) is 5.06. The molecule has 0 spiro atoms. The fourth-order valence-electron chi connectivity index (χ4n) is 3.94. The van der Waals surface area contributed by atoms with Gasteiger partial charge in [-0.3, -0.25) is 4.79 Å². The summed E-state index contributed by atoms with van der Waals surface area (Å²) in [4.78, 5) is 18.9. The second-order valence-electron chi connectivity index (χ2n) is 7.42. The molecular formula is C22H22F3N3O. The highest BCUT2D eigenvalue weighted by molar-refractivity contribution is 5.96. The van der Waals surface area contributed by atoms with Crippen LogP contribution in [0.15, 0.2) is 48.5 Å². The molecule has 0 N–H and O–H groups in total. The molecule has 1 fully saturated rings. The van der Waals surface area contributed by atoms with Gasteiger partial charge in [0.25, 0.3) is 0 Å². The molecule has 0 saturated carbocycles. The van der Waals surface area contributed by atoms with Crippen molar-refractivity contribution in [2.75, 3.05) is 11.4 Å². The zero-order chi connectivity index (χ0) is 20.6. The number of nitrogens with zero attached hydrogens (tertiary/aromatic N) is 3. The third-order valence-electron chi connectivity index (χ3n) is 5.39. The number of aromatic nitrogens is 2. The maximum absolute atomic E-state index is 13.1. The molecule has 1 saturated heterocycles. The number of hydrogen-bond donors (Lipinski definition) is 0. The number of hydrogen-bond acceptors (Lipinski definition) is 2. The summed E-state index contributed by atoms with van der Waals surface area (Å²) in [6, 6.07) is 12.8. The van der Waals surface area contributed by atoms with Crippen LogP contribution in [-0.4, -0.2) is 22.0 Å². The van der Waals surface area contributed by atoms with E-state index in [2.05, 4.69) is 11.5 Å². The number of carbonyl (C=O) groups is 1. The van der Waals surface area contributed by atoms with E-state index in [1.54, 1.807) is 6.07 Å². The van der Waals surface area contributed by atoms with E-state index in [-0.39, 0.29) is 23.9 Å². The molecule has 2 aromatic carbocycles. The van der Waals surface area contributed by atoms with E-state index in [9.17, 15) is 18.0 Å². The van der Waals surface area contributed by atoms with Gasteiger partial charge < -0.3 is 9.47 Å². The molecule has 7 heteroatoms. The van der Waals surface area contributed by atoms with Gasteiger partial charge in [-0.1, -0.05) is 31.5 Å². The summed E-state index contributed by atoms with van der Waals surface area (Å²) in [7, 11) is 0. The number of benzene rings is 2. The highest BCUT2D eigenvalue weighted by atomic mass is 19.4. The molecule has 1 atom stereocenters. The normalized spacial score (nSPS) is 17.4. The van der Waals surface area contributed by atoms with E-state index >= 15 is 0 Å². The van der Waals surface area contributed by atoms with Gasteiger partial charge in [0.1, 0.15) is 5.82 Å². The smallest absolute Gasteiger partial charge is 0.328 e. The fourth-order valence-corrected chi connectivity index (χ4v) is 3.94. The molecule has 1 amide bonds. The molecule has 1 aliphatic heterocycles. The number of aryl methyl sites for hydroxylation is 1. The minimum Gasteiger partial charge on any atom is -0.328 e. The fraction of sp³-hybridized carbons (Fsp3) is 0.364. The van der Waals surface area contributed by atoms with Gasteiger partial charge in [-0.05, 0) is 36.8 Å². The standard InChI is InChI=1S/C22H22F3N3O/c1-2-3-11-27-19-10-5-4-9-18(19)26-21(27)15-12-20(29)28(14-15)17-8-6-7-16(13-17)22(23,24)25/h4-10,13,15H,2-3,11-12,14H2,1H3/t15-/m1/s1. The SMILES string of the molecule is CCCCn1c([C@@H]2CC(=O)N(c3cccc(C(F)(F)F)c3)C2)nc2ccccc21. The van der Waals surface area contributed by atoms with Crippen LogP contribution in [0.1, 0.15) is 43.5 Å². The van der Waals surface area contributed by atoms with Crippen molar-refractivity contribution in [2.24, 2.45) is 0 Å². The summed E-state index contributed by atoms with van der Waals surface area (Å²) < 4.78 is 41.4. The van der Waals surface area contributed by atoms with Crippen LogP contribution in [0.25, 0.3) is 11.0 Å². The van der Waals surface area contributed by atoms with E-state index in [1.165, 1.54) is 11.0 Å². The van der Waals surface area contributed by atoms with Gasteiger partial charge in [0, 0.05) is 31.1 Å². The molecule has 0 unspecified atom stereocenters. The quantitative estimate of drug-likeness (QED) is 0.576. The number of rotatable bonds is 5. The average Bonchev–Trinajstić information content (AvgIpc) is 3.26. The van der Waals surface area contributed by atoms with Gasteiger partial charge in [0.05, 0.1) is 16.6 Å². The molecular weight excluding hydrogens is 379 g/mol. The van der Waals surface area contributed by atoms with E-state index in [0.717, 1.165) is 48.4 Å². The first-order valence-corrected chi connectivity index (χ1v) is 9.81.